The van der Waals surface area contributed by atoms with Gasteiger partial charge in [0.25, 0.3) is 6.01 Å². The van der Waals surface area contributed by atoms with E-state index in [9.17, 15) is 5.11 Å². The van der Waals surface area contributed by atoms with E-state index in [0.717, 1.165) is 0 Å². The quantitative estimate of drug-likeness (QED) is 0.734. The first-order valence-electron chi connectivity index (χ1n) is 3.81. The average Bonchev–Trinajstić information content (AvgIpc) is 2.61. The molecule has 2 rings (SSSR count). The fraction of sp³-hybridized carbons (Fsp3) is 0. The lowest BCUT2D eigenvalue weighted by molar-refractivity contribution is 0.395. The molecule has 2 N–H and O–H groups in total. The van der Waals surface area contributed by atoms with Crippen molar-refractivity contribution in [3.8, 4) is 17.5 Å². The maximum atomic E-state index is 9.34. The van der Waals surface area contributed by atoms with Crippen LogP contribution >= 0.6 is 0 Å². The van der Waals surface area contributed by atoms with Crippen molar-refractivity contribution >= 4 is 0 Å². The predicted octanol–water partition coefficient (Wildman–Crippen LogP) is 1.91. The number of aromatic hydroxyl groups is 1. The van der Waals surface area contributed by atoms with Crippen LogP contribution in [0.1, 0.15) is 0 Å². The van der Waals surface area contributed by atoms with E-state index in [1.165, 1.54) is 0 Å². The lowest BCUT2D eigenvalue weighted by Gasteiger charge is -2.02. The number of phenolic OH excluding ortho intramolecular Hbond substituents is 1. The molecule has 0 aliphatic heterocycles. The minimum atomic E-state index is 0.0962. The molecule has 2 aromatic rings. The van der Waals surface area contributed by atoms with Crippen molar-refractivity contribution in [3.05, 3.63) is 36.7 Å². The number of para-hydroxylation sites is 2. The molecule has 0 amide bonds. The molecule has 0 saturated carbocycles. The Hall–Kier alpha value is -1.97. The van der Waals surface area contributed by atoms with Crippen molar-refractivity contribution < 1.29 is 9.84 Å². The third kappa shape index (κ3) is 1.61. The molecule has 0 aliphatic carbocycles. The van der Waals surface area contributed by atoms with E-state index in [2.05, 4.69) is 9.97 Å². The van der Waals surface area contributed by atoms with Crippen LogP contribution in [-0.4, -0.2) is 15.1 Å². The first-order valence-corrected chi connectivity index (χ1v) is 3.81. The smallest absolute Gasteiger partial charge is 0.299 e. The summed E-state index contributed by atoms with van der Waals surface area (Å²) in [5.41, 5.74) is 0. The monoisotopic (exact) mass is 176 g/mol. The van der Waals surface area contributed by atoms with Crippen LogP contribution in [-0.2, 0) is 0 Å². The summed E-state index contributed by atoms with van der Waals surface area (Å²) in [7, 11) is 0. The highest BCUT2D eigenvalue weighted by molar-refractivity contribution is 5.39. The van der Waals surface area contributed by atoms with E-state index in [4.69, 9.17) is 4.74 Å². The van der Waals surface area contributed by atoms with E-state index < -0.39 is 0 Å². The minimum Gasteiger partial charge on any atom is -0.504 e. The zero-order valence-electron chi connectivity index (χ0n) is 6.77. The van der Waals surface area contributed by atoms with E-state index in [0.29, 0.717) is 11.8 Å². The zero-order valence-corrected chi connectivity index (χ0v) is 6.77. The molecule has 0 atom stereocenters. The van der Waals surface area contributed by atoms with E-state index in [-0.39, 0.29) is 5.75 Å². The van der Waals surface area contributed by atoms with Gasteiger partial charge in [-0.05, 0) is 12.1 Å². The Labute approximate surface area is 74.8 Å². The molecule has 1 heterocycles. The highest BCUT2D eigenvalue weighted by Crippen LogP contribution is 2.27. The normalized spacial score (nSPS) is 9.85. The van der Waals surface area contributed by atoms with Crippen molar-refractivity contribution in [2.45, 2.75) is 0 Å². The lowest BCUT2D eigenvalue weighted by Crippen LogP contribution is -1.85. The summed E-state index contributed by atoms with van der Waals surface area (Å²) in [5, 5.41) is 9.34. The number of rotatable bonds is 2. The third-order valence-corrected chi connectivity index (χ3v) is 1.55. The van der Waals surface area contributed by atoms with Crippen molar-refractivity contribution in [1.82, 2.24) is 9.97 Å². The fourth-order valence-electron chi connectivity index (χ4n) is 0.954. The molecule has 4 heteroatoms. The Bertz CT molecular complexity index is 384. The number of phenols is 1. The van der Waals surface area contributed by atoms with Crippen LogP contribution in [0, 0.1) is 0 Å². The van der Waals surface area contributed by atoms with E-state index in [1.54, 1.807) is 36.7 Å². The van der Waals surface area contributed by atoms with Gasteiger partial charge in [-0.1, -0.05) is 12.1 Å². The van der Waals surface area contributed by atoms with Crippen LogP contribution < -0.4 is 4.74 Å². The Morgan fingerprint density at radius 1 is 1.31 bits per heavy atom. The largest absolute Gasteiger partial charge is 0.504 e. The molecule has 0 radical (unpaired) electrons. The zero-order chi connectivity index (χ0) is 9.10. The van der Waals surface area contributed by atoms with E-state index >= 15 is 0 Å². The van der Waals surface area contributed by atoms with Crippen LogP contribution in [0.5, 0.6) is 17.5 Å². The van der Waals surface area contributed by atoms with Crippen molar-refractivity contribution in [3.63, 3.8) is 0 Å². The number of H-pyrrole nitrogens is 1. The van der Waals surface area contributed by atoms with Crippen molar-refractivity contribution in [1.29, 1.82) is 0 Å². The second-order valence-electron chi connectivity index (χ2n) is 2.46. The highest BCUT2D eigenvalue weighted by atomic mass is 16.5. The van der Waals surface area contributed by atoms with Gasteiger partial charge >= 0.3 is 0 Å². The van der Waals surface area contributed by atoms with Gasteiger partial charge in [0.05, 0.1) is 0 Å². The SMILES string of the molecule is Oc1ccccc1Oc1ncc[nH]1. The molecule has 0 aliphatic rings. The molecule has 13 heavy (non-hydrogen) atoms. The number of aromatic amines is 1. The van der Waals surface area contributed by atoms with Gasteiger partial charge < -0.3 is 14.8 Å². The number of aromatic nitrogens is 2. The maximum Gasteiger partial charge on any atom is 0.299 e. The van der Waals surface area contributed by atoms with Gasteiger partial charge in [0, 0.05) is 12.4 Å². The second-order valence-corrected chi connectivity index (χ2v) is 2.46. The number of nitrogens with one attached hydrogen (secondary N) is 1. The molecule has 0 saturated heterocycles. The number of benzene rings is 1. The van der Waals surface area contributed by atoms with Gasteiger partial charge in [-0.15, -0.1) is 0 Å². The van der Waals surface area contributed by atoms with Crippen LogP contribution in [0.2, 0.25) is 0 Å². The standard InChI is InChI=1S/C9H8N2O2/c12-7-3-1-2-4-8(7)13-9-10-5-6-11-9/h1-6,12H,(H,10,11). The molecule has 66 valence electrons. The van der Waals surface area contributed by atoms with Gasteiger partial charge in [0.15, 0.2) is 11.5 Å². The number of imidazole rings is 1. The minimum absolute atomic E-state index is 0.0962. The summed E-state index contributed by atoms with van der Waals surface area (Å²) in [5.74, 6) is 0.483. The Kier molecular flexibility index (Phi) is 1.88. The molecule has 1 aromatic carbocycles. The molecule has 0 spiro atoms. The van der Waals surface area contributed by atoms with Gasteiger partial charge in [0.2, 0.25) is 0 Å². The number of ether oxygens (including phenoxy) is 1. The summed E-state index contributed by atoms with van der Waals surface area (Å²) in [6, 6.07) is 7.08. The summed E-state index contributed by atoms with van der Waals surface area (Å²) in [4.78, 5) is 6.63. The van der Waals surface area contributed by atoms with Gasteiger partial charge in [0.1, 0.15) is 0 Å². The van der Waals surface area contributed by atoms with Crippen molar-refractivity contribution in [2.75, 3.05) is 0 Å². The van der Waals surface area contributed by atoms with Gasteiger partial charge in [-0.2, -0.15) is 0 Å². The molecular formula is C9H8N2O2. The predicted molar refractivity (Wildman–Crippen MR) is 46.8 cm³/mol. The molecule has 1 aromatic heterocycles. The molecule has 4 nitrogen and oxygen atoms in total. The maximum absolute atomic E-state index is 9.34. The van der Waals surface area contributed by atoms with Crippen molar-refractivity contribution in [2.24, 2.45) is 0 Å². The van der Waals surface area contributed by atoms with Gasteiger partial charge in [-0.3, -0.25) is 0 Å². The van der Waals surface area contributed by atoms with E-state index in [1.807, 2.05) is 0 Å². The number of hydrogen-bond donors (Lipinski definition) is 2. The first-order chi connectivity index (χ1) is 6.36. The topological polar surface area (TPSA) is 58.1 Å². The van der Waals surface area contributed by atoms with Crippen LogP contribution in [0.4, 0.5) is 0 Å². The first kappa shape index (κ1) is 7.67. The summed E-state index contributed by atoms with van der Waals surface area (Å²) in [6.45, 7) is 0. The Morgan fingerprint density at radius 2 is 2.15 bits per heavy atom. The Morgan fingerprint density at radius 3 is 2.85 bits per heavy atom. The van der Waals surface area contributed by atoms with Gasteiger partial charge in [-0.25, -0.2) is 4.98 Å². The summed E-state index contributed by atoms with van der Waals surface area (Å²) < 4.78 is 5.23. The molecule has 0 unspecified atom stereocenters. The highest BCUT2D eigenvalue weighted by Gasteiger charge is 2.02. The molecule has 0 bridgehead atoms. The number of hydrogen-bond acceptors (Lipinski definition) is 3. The average molecular weight is 176 g/mol. The van der Waals surface area contributed by atoms with Crippen LogP contribution in [0.15, 0.2) is 36.7 Å². The molecule has 0 fully saturated rings. The second kappa shape index (κ2) is 3.18. The Balaban J connectivity index is 2.24. The lowest BCUT2D eigenvalue weighted by atomic mass is 10.3. The van der Waals surface area contributed by atoms with Crippen LogP contribution in [0.3, 0.4) is 0 Å². The summed E-state index contributed by atoms with van der Waals surface area (Å²) >= 11 is 0. The summed E-state index contributed by atoms with van der Waals surface area (Å²) in [6.07, 6.45) is 3.23. The van der Waals surface area contributed by atoms with Crippen LogP contribution in [0.25, 0.3) is 0 Å². The number of nitrogens with zero attached hydrogens (tertiary/aromatic N) is 1. The molecular weight excluding hydrogens is 168 g/mol. The fourth-order valence-corrected chi connectivity index (χ4v) is 0.954. The third-order valence-electron chi connectivity index (χ3n) is 1.55.